The summed E-state index contributed by atoms with van der Waals surface area (Å²) in [6.45, 7) is 5.57. The maximum atomic E-state index is 13.1. The highest BCUT2D eigenvalue weighted by Crippen LogP contribution is 2.31. The van der Waals surface area contributed by atoms with Gasteiger partial charge in [0.15, 0.2) is 0 Å². The van der Waals surface area contributed by atoms with Crippen molar-refractivity contribution in [3.05, 3.63) is 18.2 Å². The summed E-state index contributed by atoms with van der Waals surface area (Å²) in [4.78, 5) is 12.3. The Kier molecular flexibility index (Phi) is 7.43. The standard InChI is InChI=1S/C18H29N3O4S/c1-4-25-16-9-8-15(20-18(22)14(2)13-19-3)12-17(16)26(23,24)21-10-6-5-7-11-21/h8-9,12,14,19H,4-7,10-11,13H2,1-3H3,(H,20,22). The van der Waals surface area contributed by atoms with Crippen LogP contribution in [0.4, 0.5) is 5.69 Å². The van der Waals surface area contributed by atoms with Gasteiger partial charge in [0.25, 0.3) is 0 Å². The molecule has 1 amide bonds. The number of carbonyl (C=O) groups is 1. The number of benzene rings is 1. The van der Waals surface area contributed by atoms with Gasteiger partial charge in [0.2, 0.25) is 15.9 Å². The maximum Gasteiger partial charge on any atom is 0.246 e. The van der Waals surface area contributed by atoms with Gasteiger partial charge < -0.3 is 15.4 Å². The van der Waals surface area contributed by atoms with Crippen LogP contribution in [-0.2, 0) is 14.8 Å². The Morgan fingerprint density at radius 2 is 1.96 bits per heavy atom. The summed E-state index contributed by atoms with van der Waals surface area (Å²) < 4.78 is 33.2. The Morgan fingerprint density at radius 1 is 1.27 bits per heavy atom. The zero-order valence-corrected chi connectivity index (χ0v) is 16.6. The summed E-state index contributed by atoms with van der Waals surface area (Å²) in [6, 6.07) is 4.78. The summed E-state index contributed by atoms with van der Waals surface area (Å²) in [5.74, 6) is -0.0714. The number of nitrogens with one attached hydrogen (secondary N) is 2. The van der Waals surface area contributed by atoms with Crippen molar-refractivity contribution >= 4 is 21.6 Å². The predicted octanol–water partition coefficient (Wildman–Crippen LogP) is 2.05. The van der Waals surface area contributed by atoms with Crippen molar-refractivity contribution in [3.63, 3.8) is 0 Å². The van der Waals surface area contributed by atoms with Gasteiger partial charge in [-0.3, -0.25) is 4.79 Å². The summed E-state index contributed by atoms with van der Waals surface area (Å²) in [5, 5.41) is 5.75. The first-order valence-corrected chi connectivity index (χ1v) is 10.6. The second-order valence-electron chi connectivity index (χ2n) is 6.51. The molecule has 1 aromatic rings. The second-order valence-corrected chi connectivity index (χ2v) is 8.41. The first-order chi connectivity index (χ1) is 12.4. The van der Waals surface area contributed by atoms with Crippen LogP contribution in [0.5, 0.6) is 5.75 Å². The normalized spacial score (nSPS) is 16.9. The van der Waals surface area contributed by atoms with E-state index in [0.717, 1.165) is 19.3 Å². The molecule has 1 saturated heterocycles. The fourth-order valence-electron chi connectivity index (χ4n) is 2.97. The summed E-state index contributed by atoms with van der Waals surface area (Å²) >= 11 is 0. The van der Waals surface area contributed by atoms with E-state index in [2.05, 4.69) is 10.6 Å². The number of sulfonamides is 1. The molecule has 1 aliphatic heterocycles. The Bertz CT molecular complexity index is 715. The van der Waals surface area contributed by atoms with E-state index in [-0.39, 0.29) is 16.7 Å². The van der Waals surface area contributed by atoms with Crippen molar-refractivity contribution in [3.8, 4) is 5.75 Å². The van der Waals surface area contributed by atoms with Gasteiger partial charge in [-0.05, 0) is 45.0 Å². The molecular formula is C18H29N3O4S. The SMILES string of the molecule is CCOc1ccc(NC(=O)C(C)CNC)cc1S(=O)(=O)N1CCCCC1. The van der Waals surface area contributed by atoms with Gasteiger partial charge in [0.1, 0.15) is 10.6 Å². The largest absolute Gasteiger partial charge is 0.492 e. The van der Waals surface area contributed by atoms with Gasteiger partial charge in [-0.15, -0.1) is 0 Å². The average Bonchev–Trinajstić information content (AvgIpc) is 2.64. The Hall–Kier alpha value is -1.64. The zero-order valence-electron chi connectivity index (χ0n) is 15.7. The van der Waals surface area contributed by atoms with Crippen molar-refractivity contribution in [2.45, 2.75) is 38.0 Å². The van der Waals surface area contributed by atoms with E-state index in [1.807, 2.05) is 13.8 Å². The quantitative estimate of drug-likeness (QED) is 0.717. The van der Waals surface area contributed by atoms with Crippen molar-refractivity contribution < 1.29 is 17.9 Å². The number of ether oxygens (including phenoxy) is 1. The molecule has 0 aromatic heterocycles. The van der Waals surface area contributed by atoms with E-state index in [4.69, 9.17) is 4.74 Å². The zero-order chi connectivity index (χ0) is 19.2. The monoisotopic (exact) mass is 383 g/mol. The van der Waals surface area contributed by atoms with Crippen LogP contribution in [-0.4, -0.2) is 51.9 Å². The molecule has 0 saturated carbocycles. The van der Waals surface area contributed by atoms with Crippen LogP contribution in [0.2, 0.25) is 0 Å². The number of hydrogen-bond acceptors (Lipinski definition) is 5. The van der Waals surface area contributed by atoms with Crippen molar-refractivity contribution in [2.75, 3.05) is 38.6 Å². The smallest absolute Gasteiger partial charge is 0.246 e. The van der Waals surface area contributed by atoms with E-state index in [0.29, 0.717) is 37.7 Å². The van der Waals surface area contributed by atoms with E-state index < -0.39 is 10.0 Å². The molecule has 1 aliphatic rings. The minimum atomic E-state index is -3.66. The molecule has 2 rings (SSSR count). The molecule has 0 aliphatic carbocycles. The van der Waals surface area contributed by atoms with Gasteiger partial charge in [0, 0.05) is 31.2 Å². The number of hydrogen-bond donors (Lipinski definition) is 2. The maximum absolute atomic E-state index is 13.1. The van der Waals surface area contributed by atoms with E-state index >= 15 is 0 Å². The Balaban J connectivity index is 2.31. The van der Waals surface area contributed by atoms with E-state index in [1.54, 1.807) is 19.2 Å². The molecule has 7 nitrogen and oxygen atoms in total. The summed E-state index contributed by atoms with van der Waals surface area (Å²) in [7, 11) is -1.88. The molecule has 2 N–H and O–H groups in total. The molecule has 1 aromatic carbocycles. The van der Waals surface area contributed by atoms with Crippen LogP contribution in [0, 0.1) is 5.92 Å². The lowest BCUT2D eigenvalue weighted by Gasteiger charge is -2.27. The van der Waals surface area contributed by atoms with E-state index in [1.165, 1.54) is 10.4 Å². The third kappa shape index (κ3) is 4.96. The number of amides is 1. The lowest BCUT2D eigenvalue weighted by molar-refractivity contribution is -0.119. The number of piperidine rings is 1. The third-order valence-corrected chi connectivity index (χ3v) is 6.32. The molecule has 0 radical (unpaired) electrons. The fraction of sp³-hybridized carbons (Fsp3) is 0.611. The lowest BCUT2D eigenvalue weighted by atomic mass is 10.1. The van der Waals surface area contributed by atoms with Crippen molar-refractivity contribution in [1.29, 1.82) is 0 Å². The molecule has 1 atom stereocenters. The average molecular weight is 384 g/mol. The molecule has 8 heteroatoms. The molecule has 0 spiro atoms. The van der Waals surface area contributed by atoms with Gasteiger partial charge in [-0.25, -0.2) is 8.42 Å². The van der Waals surface area contributed by atoms with Gasteiger partial charge in [0.05, 0.1) is 6.61 Å². The summed E-state index contributed by atoms with van der Waals surface area (Å²) in [5.41, 5.74) is 0.456. The highest BCUT2D eigenvalue weighted by atomic mass is 32.2. The first-order valence-electron chi connectivity index (χ1n) is 9.12. The first kappa shape index (κ1) is 20.7. The lowest BCUT2D eigenvalue weighted by Crippen LogP contribution is -2.36. The molecule has 26 heavy (non-hydrogen) atoms. The Labute approximate surface area is 156 Å². The highest BCUT2D eigenvalue weighted by Gasteiger charge is 2.29. The van der Waals surface area contributed by atoms with Crippen molar-refractivity contribution in [1.82, 2.24) is 9.62 Å². The van der Waals surface area contributed by atoms with Gasteiger partial charge in [-0.2, -0.15) is 4.31 Å². The van der Waals surface area contributed by atoms with Crippen LogP contribution in [0.3, 0.4) is 0 Å². The molecule has 146 valence electrons. The van der Waals surface area contributed by atoms with Crippen molar-refractivity contribution in [2.24, 2.45) is 5.92 Å². The van der Waals surface area contributed by atoms with Crippen LogP contribution >= 0.6 is 0 Å². The summed E-state index contributed by atoms with van der Waals surface area (Å²) in [6.07, 6.45) is 2.77. The molecule has 1 fully saturated rings. The fourth-order valence-corrected chi connectivity index (χ4v) is 4.65. The molecular weight excluding hydrogens is 354 g/mol. The van der Waals surface area contributed by atoms with Crippen LogP contribution in [0.1, 0.15) is 33.1 Å². The van der Waals surface area contributed by atoms with Gasteiger partial charge in [-0.1, -0.05) is 13.3 Å². The minimum Gasteiger partial charge on any atom is -0.492 e. The topological polar surface area (TPSA) is 87.7 Å². The number of nitrogens with zero attached hydrogens (tertiary/aromatic N) is 1. The molecule has 1 unspecified atom stereocenters. The highest BCUT2D eigenvalue weighted by molar-refractivity contribution is 7.89. The van der Waals surface area contributed by atoms with E-state index in [9.17, 15) is 13.2 Å². The number of anilines is 1. The molecule has 0 bridgehead atoms. The minimum absolute atomic E-state index is 0.111. The predicted molar refractivity (Wildman–Crippen MR) is 102 cm³/mol. The number of rotatable bonds is 8. The van der Waals surface area contributed by atoms with Crippen LogP contribution < -0.4 is 15.4 Å². The van der Waals surface area contributed by atoms with Crippen LogP contribution in [0.15, 0.2) is 23.1 Å². The second kappa shape index (κ2) is 9.34. The number of carbonyl (C=O) groups excluding carboxylic acids is 1. The van der Waals surface area contributed by atoms with Crippen LogP contribution in [0.25, 0.3) is 0 Å². The third-order valence-electron chi connectivity index (χ3n) is 4.40. The van der Waals surface area contributed by atoms with Gasteiger partial charge >= 0.3 is 0 Å². The molecule has 1 heterocycles. The Morgan fingerprint density at radius 3 is 2.58 bits per heavy atom.